The third-order valence-electron chi connectivity index (χ3n) is 2.87. The molecule has 1 aromatic heterocycles. The molecule has 0 aromatic carbocycles. The number of pyridine rings is 1. The maximum absolute atomic E-state index is 4.41. The second kappa shape index (κ2) is 8.09. The summed E-state index contributed by atoms with van der Waals surface area (Å²) in [5.74, 6) is 0. The van der Waals surface area contributed by atoms with Crippen molar-refractivity contribution in [2.75, 3.05) is 0 Å². The number of unbranched alkanes of at least 4 members (excludes halogenated alkanes) is 5. The molecule has 88 valence electrons. The molecule has 1 heterocycles. The molecule has 0 N–H and O–H groups in total. The first-order valence-electron chi connectivity index (χ1n) is 6.44. The van der Waals surface area contributed by atoms with Crippen LogP contribution < -0.4 is 0 Å². The molecule has 0 bridgehead atoms. The van der Waals surface area contributed by atoms with Crippen LogP contribution in [0.15, 0.2) is 24.9 Å². The molecule has 0 aliphatic carbocycles. The number of nitrogens with zero attached hydrogens (tertiary/aromatic N) is 1. The second-order valence-corrected chi connectivity index (χ2v) is 4.30. The summed E-state index contributed by atoms with van der Waals surface area (Å²) in [4.78, 5) is 4.41. The van der Waals surface area contributed by atoms with Gasteiger partial charge in [0.05, 0.1) is 0 Å². The average Bonchev–Trinajstić information content (AvgIpc) is 2.34. The van der Waals surface area contributed by atoms with E-state index in [0.717, 1.165) is 12.0 Å². The molecular weight excluding hydrogens is 194 g/mol. The predicted octanol–water partition coefficient (Wildman–Crippen LogP) is 4.63. The number of hydrogen-bond acceptors (Lipinski definition) is 1. The van der Waals surface area contributed by atoms with Crippen LogP contribution >= 0.6 is 0 Å². The van der Waals surface area contributed by atoms with E-state index in [0.29, 0.717) is 0 Å². The molecular formula is C15H23N. The fourth-order valence-electron chi connectivity index (χ4n) is 1.79. The van der Waals surface area contributed by atoms with Gasteiger partial charge in [0.2, 0.25) is 0 Å². The zero-order valence-electron chi connectivity index (χ0n) is 10.4. The molecule has 0 spiro atoms. The lowest BCUT2D eigenvalue weighted by Gasteiger charge is -2.01. The number of aromatic nitrogens is 1. The summed E-state index contributed by atoms with van der Waals surface area (Å²) in [6, 6.07) is 4.20. The van der Waals surface area contributed by atoms with Crippen LogP contribution in [0.25, 0.3) is 6.08 Å². The molecule has 0 fully saturated rings. The highest BCUT2D eigenvalue weighted by Crippen LogP contribution is 2.09. The van der Waals surface area contributed by atoms with Crippen LogP contribution in [0.2, 0.25) is 0 Å². The summed E-state index contributed by atoms with van der Waals surface area (Å²) < 4.78 is 0. The first kappa shape index (κ1) is 13.0. The van der Waals surface area contributed by atoms with Gasteiger partial charge in [0.15, 0.2) is 0 Å². The zero-order chi connectivity index (χ0) is 11.6. The van der Waals surface area contributed by atoms with Crippen LogP contribution in [0.4, 0.5) is 0 Å². The highest BCUT2D eigenvalue weighted by molar-refractivity contribution is 5.44. The molecule has 0 amide bonds. The SMILES string of the molecule is C=Cc1ccc(CCCCCCCC)nc1. The van der Waals surface area contributed by atoms with Crippen LogP contribution in [0, 0.1) is 0 Å². The van der Waals surface area contributed by atoms with E-state index in [1.54, 1.807) is 0 Å². The van der Waals surface area contributed by atoms with Crippen molar-refractivity contribution in [3.05, 3.63) is 36.2 Å². The average molecular weight is 217 g/mol. The minimum Gasteiger partial charge on any atom is -0.261 e. The molecule has 1 rings (SSSR count). The van der Waals surface area contributed by atoms with E-state index in [-0.39, 0.29) is 0 Å². The second-order valence-electron chi connectivity index (χ2n) is 4.30. The van der Waals surface area contributed by atoms with E-state index < -0.39 is 0 Å². The van der Waals surface area contributed by atoms with Gasteiger partial charge in [0.25, 0.3) is 0 Å². The third kappa shape index (κ3) is 5.11. The van der Waals surface area contributed by atoms with Crippen molar-refractivity contribution < 1.29 is 0 Å². The van der Waals surface area contributed by atoms with Gasteiger partial charge >= 0.3 is 0 Å². The van der Waals surface area contributed by atoms with Gasteiger partial charge in [0, 0.05) is 11.9 Å². The lowest BCUT2D eigenvalue weighted by molar-refractivity contribution is 0.604. The molecule has 1 aromatic rings. The Labute approximate surface area is 99.6 Å². The van der Waals surface area contributed by atoms with E-state index >= 15 is 0 Å². The number of rotatable bonds is 8. The van der Waals surface area contributed by atoms with Crippen molar-refractivity contribution in [3.63, 3.8) is 0 Å². The highest BCUT2D eigenvalue weighted by Gasteiger charge is 1.95. The van der Waals surface area contributed by atoms with Crippen molar-refractivity contribution in [2.45, 2.75) is 51.9 Å². The van der Waals surface area contributed by atoms with Gasteiger partial charge in [-0.15, -0.1) is 0 Å². The maximum atomic E-state index is 4.41. The molecule has 0 saturated heterocycles. The van der Waals surface area contributed by atoms with Gasteiger partial charge in [-0.25, -0.2) is 0 Å². The van der Waals surface area contributed by atoms with Crippen molar-refractivity contribution >= 4 is 6.08 Å². The Hall–Kier alpha value is -1.11. The number of hydrogen-bond donors (Lipinski definition) is 0. The van der Waals surface area contributed by atoms with Gasteiger partial charge in [0.1, 0.15) is 0 Å². The first-order chi connectivity index (χ1) is 7.86. The molecule has 0 atom stereocenters. The Morgan fingerprint density at radius 1 is 1.12 bits per heavy atom. The monoisotopic (exact) mass is 217 g/mol. The Morgan fingerprint density at radius 3 is 2.50 bits per heavy atom. The largest absolute Gasteiger partial charge is 0.261 e. The molecule has 1 heteroatoms. The van der Waals surface area contributed by atoms with E-state index in [2.05, 4.69) is 30.6 Å². The molecule has 0 aliphatic rings. The van der Waals surface area contributed by atoms with Crippen LogP contribution in [-0.2, 0) is 6.42 Å². The molecule has 0 radical (unpaired) electrons. The van der Waals surface area contributed by atoms with Gasteiger partial charge in [-0.3, -0.25) is 4.98 Å². The Bertz CT molecular complexity index is 287. The molecule has 16 heavy (non-hydrogen) atoms. The summed E-state index contributed by atoms with van der Waals surface area (Å²) in [6.07, 6.45) is 12.9. The zero-order valence-corrected chi connectivity index (χ0v) is 10.4. The van der Waals surface area contributed by atoms with Crippen LogP contribution in [0.1, 0.15) is 56.7 Å². The lowest BCUT2D eigenvalue weighted by atomic mass is 10.1. The van der Waals surface area contributed by atoms with Crippen molar-refractivity contribution in [1.29, 1.82) is 0 Å². The van der Waals surface area contributed by atoms with Crippen molar-refractivity contribution in [2.24, 2.45) is 0 Å². The van der Waals surface area contributed by atoms with Crippen molar-refractivity contribution in [1.82, 2.24) is 4.98 Å². The fraction of sp³-hybridized carbons (Fsp3) is 0.533. The van der Waals surface area contributed by atoms with Gasteiger partial charge < -0.3 is 0 Å². The topological polar surface area (TPSA) is 12.9 Å². The molecule has 1 nitrogen and oxygen atoms in total. The van der Waals surface area contributed by atoms with Crippen LogP contribution in [0.3, 0.4) is 0 Å². The lowest BCUT2D eigenvalue weighted by Crippen LogP contribution is -1.90. The van der Waals surface area contributed by atoms with E-state index in [4.69, 9.17) is 0 Å². The normalized spacial score (nSPS) is 10.3. The minimum absolute atomic E-state index is 1.10. The highest BCUT2D eigenvalue weighted by atomic mass is 14.7. The fourth-order valence-corrected chi connectivity index (χ4v) is 1.79. The minimum atomic E-state index is 1.10. The van der Waals surface area contributed by atoms with Gasteiger partial charge in [-0.2, -0.15) is 0 Å². The van der Waals surface area contributed by atoms with E-state index in [9.17, 15) is 0 Å². The first-order valence-corrected chi connectivity index (χ1v) is 6.44. The summed E-state index contributed by atoms with van der Waals surface area (Å²) in [5, 5.41) is 0. The predicted molar refractivity (Wildman–Crippen MR) is 71.4 cm³/mol. The van der Waals surface area contributed by atoms with Gasteiger partial charge in [-0.05, 0) is 24.5 Å². The van der Waals surface area contributed by atoms with Gasteiger partial charge in [-0.1, -0.05) is 57.7 Å². The molecule has 0 aliphatic heterocycles. The van der Waals surface area contributed by atoms with E-state index in [1.807, 2.05) is 12.3 Å². The smallest absolute Gasteiger partial charge is 0.0404 e. The standard InChI is InChI=1S/C15H23N/c1-3-5-6-7-8-9-10-15-12-11-14(4-2)13-16-15/h4,11-13H,2-3,5-10H2,1H3. The summed E-state index contributed by atoms with van der Waals surface area (Å²) in [5.41, 5.74) is 2.31. The van der Waals surface area contributed by atoms with Crippen molar-refractivity contribution in [3.8, 4) is 0 Å². The van der Waals surface area contributed by atoms with E-state index in [1.165, 1.54) is 44.2 Å². The summed E-state index contributed by atoms with van der Waals surface area (Å²) >= 11 is 0. The van der Waals surface area contributed by atoms with Crippen LogP contribution in [-0.4, -0.2) is 4.98 Å². The summed E-state index contributed by atoms with van der Waals surface area (Å²) in [6.45, 7) is 5.98. The Morgan fingerprint density at radius 2 is 1.88 bits per heavy atom. The Kier molecular flexibility index (Phi) is 6.55. The summed E-state index contributed by atoms with van der Waals surface area (Å²) in [7, 11) is 0. The Balaban J connectivity index is 2.14. The molecule has 0 saturated carbocycles. The maximum Gasteiger partial charge on any atom is 0.0404 e. The van der Waals surface area contributed by atoms with Crippen LogP contribution in [0.5, 0.6) is 0 Å². The molecule has 0 unspecified atom stereocenters. The number of aryl methyl sites for hydroxylation is 1. The third-order valence-corrected chi connectivity index (χ3v) is 2.87. The quantitative estimate of drug-likeness (QED) is 0.579.